The summed E-state index contributed by atoms with van der Waals surface area (Å²) in [5, 5.41) is 4.65. The summed E-state index contributed by atoms with van der Waals surface area (Å²) in [4.78, 5) is 13.0. The molecule has 6 nitrogen and oxygen atoms in total. The summed E-state index contributed by atoms with van der Waals surface area (Å²) in [5.41, 5.74) is 1.87. The van der Waals surface area contributed by atoms with Gasteiger partial charge in [-0.1, -0.05) is 36.4 Å². The lowest BCUT2D eigenvalue weighted by Gasteiger charge is -2.29. The molecule has 3 aromatic rings. The van der Waals surface area contributed by atoms with E-state index in [0.29, 0.717) is 22.0 Å². The van der Waals surface area contributed by atoms with E-state index in [1.165, 1.54) is 21.8 Å². The molecule has 1 aromatic heterocycles. The van der Waals surface area contributed by atoms with Crippen molar-refractivity contribution in [3.63, 3.8) is 0 Å². The van der Waals surface area contributed by atoms with Crippen LogP contribution in [0.3, 0.4) is 0 Å². The average Bonchev–Trinajstić information content (AvgIpc) is 3.21. The lowest BCUT2D eigenvalue weighted by molar-refractivity contribution is 0.104. The van der Waals surface area contributed by atoms with Crippen LogP contribution in [0.25, 0.3) is 0 Å². The molecular formula is C21H18N2O4S2. The van der Waals surface area contributed by atoms with Crippen LogP contribution in [0.1, 0.15) is 15.2 Å². The van der Waals surface area contributed by atoms with Gasteiger partial charge in [-0.25, -0.2) is 8.42 Å². The van der Waals surface area contributed by atoms with Crippen molar-refractivity contribution in [2.24, 2.45) is 0 Å². The van der Waals surface area contributed by atoms with E-state index in [2.05, 4.69) is 5.32 Å². The van der Waals surface area contributed by atoms with Gasteiger partial charge in [0.25, 0.3) is 10.0 Å². The molecule has 8 heteroatoms. The topological polar surface area (TPSA) is 75.7 Å². The van der Waals surface area contributed by atoms with Crippen molar-refractivity contribution in [2.45, 2.75) is 6.54 Å². The number of rotatable bonds is 5. The Morgan fingerprint density at radius 3 is 2.66 bits per heavy atom. The van der Waals surface area contributed by atoms with E-state index in [0.717, 1.165) is 5.56 Å². The van der Waals surface area contributed by atoms with Gasteiger partial charge in [0.1, 0.15) is 10.6 Å². The van der Waals surface area contributed by atoms with Crippen LogP contribution in [0.15, 0.2) is 77.1 Å². The smallest absolute Gasteiger partial charge is 0.270 e. The molecule has 1 aliphatic rings. The molecule has 148 valence electrons. The van der Waals surface area contributed by atoms with Crippen LogP contribution in [-0.2, 0) is 16.6 Å². The van der Waals surface area contributed by atoms with E-state index >= 15 is 0 Å². The van der Waals surface area contributed by atoms with Crippen molar-refractivity contribution in [3.8, 4) is 5.75 Å². The zero-order valence-corrected chi connectivity index (χ0v) is 17.2. The standard InChI is InChI=1S/C21H18N2O4S2/c1-27-17-9-5-8-16(12-17)22-13-19-20(24)21-18(10-11-28-21)23(29(19,25)26)14-15-6-3-2-4-7-15/h2-13,22H,14H2,1H3. The number of allylic oxidation sites excluding steroid dienone is 1. The average molecular weight is 427 g/mol. The Morgan fingerprint density at radius 2 is 1.90 bits per heavy atom. The molecule has 0 radical (unpaired) electrons. The van der Waals surface area contributed by atoms with Crippen LogP contribution < -0.4 is 14.4 Å². The summed E-state index contributed by atoms with van der Waals surface area (Å²) in [5.74, 6) is 0.118. The molecule has 0 amide bonds. The van der Waals surface area contributed by atoms with Crippen LogP contribution in [0.2, 0.25) is 0 Å². The number of ketones is 1. The number of benzene rings is 2. The van der Waals surface area contributed by atoms with Crippen molar-refractivity contribution < 1.29 is 17.9 Å². The number of hydrogen-bond donors (Lipinski definition) is 1. The van der Waals surface area contributed by atoms with E-state index in [1.807, 2.05) is 30.3 Å². The van der Waals surface area contributed by atoms with Gasteiger partial charge >= 0.3 is 0 Å². The van der Waals surface area contributed by atoms with Gasteiger partial charge in [-0.2, -0.15) is 0 Å². The van der Waals surface area contributed by atoms with Crippen LogP contribution in [0, 0.1) is 0 Å². The Balaban J connectivity index is 1.73. The van der Waals surface area contributed by atoms with Gasteiger partial charge in [-0.15, -0.1) is 11.3 Å². The zero-order valence-electron chi connectivity index (χ0n) is 15.5. The number of methoxy groups -OCH3 is 1. The van der Waals surface area contributed by atoms with Gasteiger partial charge in [0, 0.05) is 18.0 Å². The summed E-state index contributed by atoms with van der Waals surface area (Å²) in [6.07, 6.45) is 1.26. The molecule has 29 heavy (non-hydrogen) atoms. The molecule has 0 saturated heterocycles. The zero-order chi connectivity index (χ0) is 20.4. The van der Waals surface area contributed by atoms with Gasteiger partial charge < -0.3 is 10.1 Å². The third kappa shape index (κ3) is 3.64. The number of nitrogens with zero attached hydrogens (tertiary/aromatic N) is 1. The van der Waals surface area contributed by atoms with Crippen molar-refractivity contribution in [1.29, 1.82) is 0 Å². The summed E-state index contributed by atoms with van der Waals surface area (Å²) >= 11 is 1.24. The Hall–Kier alpha value is -3.10. The molecule has 0 aliphatic carbocycles. The van der Waals surface area contributed by atoms with Crippen molar-refractivity contribution >= 4 is 38.5 Å². The number of carbonyl (C=O) groups is 1. The van der Waals surface area contributed by atoms with Crippen molar-refractivity contribution in [1.82, 2.24) is 0 Å². The molecule has 0 spiro atoms. The lowest BCUT2D eigenvalue weighted by atomic mass is 10.2. The lowest BCUT2D eigenvalue weighted by Crippen LogP contribution is -2.38. The summed E-state index contributed by atoms with van der Waals surface area (Å²) < 4.78 is 33.1. The fraction of sp³-hybridized carbons (Fsp3) is 0.0952. The first-order valence-corrected chi connectivity index (χ1v) is 11.1. The molecule has 0 atom stereocenters. The SMILES string of the molecule is COc1cccc(NC=C2C(=O)c3sccc3N(Cc3ccccc3)S2(=O)=O)c1. The number of anilines is 2. The van der Waals surface area contributed by atoms with Gasteiger partial charge in [0.2, 0.25) is 5.78 Å². The first-order valence-electron chi connectivity index (χ1n) is 8.80. The quantitative estimate of drug-likeness (QED) is 0.618. The maximum Gasteiger partial charge on any atom is 0.270 e. The highest BCUT2D eigenvalue weighted by Crippen LogP contribution is 2.39. The van der Waals surface area contributed by atoms with Crippen LogP contribution in [-0.4, -0.2) is 21.3 Å². The maximum atomic E-state index is 13.3. The second-order valence-electron chi connectivity index (χ2n) is 6.35. The second kappa shape index (κ2) is 7.73. The predicted octanol–water partition coefficient (Wildman–Crippen LogP) is 4.24. The number of thiophene rings is 1. The van der Waals surface area contributed by atoms with E-state index in [1.54, 1.807) is 42.8 Å². The van der Waals surface area contributed by atoms with E-state index in [4.69, 9.17) is 4.74 Å². The number of fused-ring (bicyclic) bond motifs is 1. The third-order valence-electron chi connectivity index (χ3n) is 4.52. The minimum atomic E-state index is -4.02. The van der Waals surface area contributed by atoms with E-state index < -0.39 is 15.8 Å². The molecule has 2 heterocycles. The molecule has 0 bridgehead atoms. The molecule has 1 aliphatic heterocycles. The normalized spacial score (nSPS) is 16.5. The largest absolute Gasteiger partial charge is 0.497 e. The molecule has 1 N–H and O–H groups in total. The highest BCUT2D eigenvalue weighted by atomic mass is 32.2. The second-order valence-corrected chi connectivity index (χ2v) is 9.09. The van der Waals surface area contributed by atoms with E-state index in [-0.39, 0.29) is 11.4 Å². The first kappa shape index (κ1) is 19.2. The monoisotopic (exact) mass is 426 g/mol. The minimum absolute atomic E-state index is 0.149. The van der Waals surface area contributed by atoms with Gasteiger partial charge in [-0.05, 0) is 29.1 Å². The van der Waals surface area contributed by atoms with Crippen LogP contribution in [0.5, 0.6) is 5.75 Å². The highest BCUT2D eigenvalue weighted by molar-refractivity contribution is 7.97. The fourth-order valence-electron chi connectivity index (χ4n) is 3.07. The van der Waals surface area contributed by atoms with Gasteiger partial charge in [0.05, 0.1) is 19.3 Å². The van der Waals surface area contributed by atoms with Gasteiger partial charge in [-0.3, -0.25) is 9.10 Å². The Morgan fingerprint density at radius 1 is 1.10 bits per heavy atom. The van der Waals surface area contributed by atoms with Gasteiger partial charge in [0.15, 0.2) is 4.91 Å². The Kier molecular flexibility index (Phi) is 5.12. The fourth-order valence-corrected chi connectivity index (χ4v) is 5.55. The number of ether oxygens (including phenoxy) is 1. The first-order chi connectivity index (χ1) is 14.0. The Bertz CT molecular complexity index is 1180. The molecule has 0 saturated carbocycles. The molecular weight excluding hydrogens is 408 g/mol. The summed E-state index contributed by atoms with van der Waals surface area (Å²) in [7, 11) is -2.47. The van der Waals surface area contributed by atoms with E-state index in [9.17, 15) is 13.2 Å². The van der Waals surface area contributed by atoms with Crippen molar-refractivity contribution in [3.05, 3.63) is 87.6 Å². The highest BCUT2D eigenvalue weighted by Gasteiger charge is 2.41. The van der Waals surface area contributed by atoms with Crippen molar-refractivity contribution in [2.75, 3.05) is 16.7 Å². The minimum Gasteiger partial charge on any atom is -0.497 e. The number of nitrogens with one attached hydrogen (secondary N) is 1. The molecule has 4 rings (SSSR count). The number of sulfonamides is 1. The molecule has 0 unspecified atom stereocenters. The molecule has 2 aromatic carbocycles. The number of hydrogen-bond acceptors (Lipinski definition) is 6. The van der Waals surface area contributed by atoms with Crippen LogP contribution >= 0.6 is 11.3 Å². The third-order valence-corrected chi connectivity index (χ3v) is 7.19. The predicted molar refractivity (Wildman–Crippen MR) is 115 cm³/mol. The Labute approximate surface area is 173 Å². The number of carbonyl (C=O) groups excluding carboxylic acids is 1. The molecule has 0 fully saturated rings. The maximum absolute atomic E-state index is 13.3. The van der Waals surface area contributed by atoms with Crippen LogP contribution in [0.4, 0.5) is 11.4 Å². The number of Topliss-reactive ketones (excluding diaryl/α,β-unsaturated/α-hetero) is 1. The summed E-state index contributed by atoms with van der Waals surface area (Å²) in [6, 6.07) is 18.0. The summed E-state index contributed by atoms with van der Waals surface area (Å²) in [6.45, 7) is 0.149.